The molecule has 0 spiro atoms. The van der Waals surface area contributed by atoms with Gasteiger partial charge in [0, 0.05) is 5.92 Å². The van der Waals surface area contributed by atoms with E-state index in [1.54, 1.807) is 0 Å². The van der Waals surface area contributed by atoms with Crippen molar-refractivity contribution in [1.29, 1.82) is 0 Å². The van der Waals surface area contributed by atoms with Crippen molar-refractivity contribution in [2.24, 2.45) is 23.7 Å². The van der Waals surface area contributed by atoms with E-state index in [2.05, 4.69) is 0 Å². The van der Waals surface area contributed by atoms with Gasteiger partial charge in [-0.05, 0) is 31.1 Å². The van der Waals surface area contributed by atoms with Gasteiger partial charge in [0.05, 0.1) is 5.92 Å². The van der Waals surface area contributed by atoms with Gasteiger partial charge in [-0.3, -0.25) is 4.79 Å². The van der Waals surface area contributed by atoms with Gasteiger partial charge in [0.2, 0.25) is 0 Å². The lowest BCUT2D eigenvalue weighted by Gasteiger charge is -2.37. The van der Waals surface area contributed by atoms with E-state index in [1.807, 2.05) is 0 Å². The van der Waals surface area contributed by atoms with Gasteiger partial charge >= 0.3 is 18.3 Å². The molecule has 120 valence electrons. The monoisotopic (exact) mass is 318 g/mol. The van der Waals surface area contributed by atoms with Gasteiger partial charge in [0.25, 0.3) is 5.60 Å². The molecule has 2 bridgehead atoms. The number of esters is 1. The first-order chi connectivity index (χ1) is 9.46. The van der Waals surface area contributed by atoms with Crippen LogP contribution in [0.4, 0.5) is 26.3 Å². The number of halogens is 6. The van der Waals surface area contributed by atoms with Gasteiger partial charge in [-0.2, -0.15) is 26.3 Å². The minimum absolute atomic E-state index is 0.281. The van der Waals surface area contributed by atoms with Gasteiger partial charge < -0.3 is 9.84 Å². The van der Waals surface area contributed by atoms with Gasteiger partial charge in [0.15, 0.2) is 0 Å². The molecule has 1 N–H and O–H groups in total. The van der Waals surface area contributed by atoms with Crippen LogP contribution in [0.15, 0.2) is 0 Å². The number of ether oxygens (including phenoxy) is 1. The van der Waals surface area contributed by atoms with E-state index in [4.69, 9.17) is 4.74 Å². The van der Waals surface area contributed by atoms with E-state index in [0.29, 0.717) is 6.42 Å². The molecule has 3 nitrogen and oxygen atoms in total. The molecular weight excluding hydrogens is 306 g/mol. The fourth-order valence-electron chi connectivity index (χ4n) is 4.15. The average molecular weight is 318 g/mol. The number of carbonyl (C=O) groups excluding carboxylic acids is 1. The van der Waals surface area contributed by atoms with E-state index < -0.39 is 48.1 Å². The molecule has 0 aromatic heterocycles. The Morgan fingerprint density at radius 1 is 1.10 bits per heavy atom. The largest absolute Gasteiger partial charge is 0.462 e. The molecule has 3 fully saturated rings. The zero-order chi connectivity index (χ0) is 15.8. The molecule has 1 heterocycles. The van der Waals surface area contributed by atoms with Crippen LogP contribution >= 0.6 is 0 Å². The maximum atomic E-state index is 12.7. The second-order valence-corrected chi connectivity index (χ2v) is 6.12. The number of aliphatic hydroxyl groups is 1. The Bertz CT molecular complexity index is 455. The summed E-state index contributed by atoms with van der Waals surface area (Å²) >= 11 is 0. The third-order valence-corrected chi connectivity index (χ3v) is 5.12. The number of alkyl halides is 6. The SMILES string of the molecule is O=C1OC2CC3CC2C1C3CC(O)(C(F)(F)F)C(F)(F)F. The fraction of sp³-hybridized carbons (Fsp3) is 0.917. The molecule has 21 heavy (non-hydrogen) atoms. The Hall–Kier alpha value is -0.990. The number of carbonyl (C=O) groups is 1. The fourth-order valence-corrected chi connectivity index (χ4v) is 4.15. The van der Waals surface area contributed by atoms with E-state index >= 15 is 0 Å². The van der Waals surface area contributed by atoms with Crippen LogP contribution in [0, 0.1) is 23.7 Å². The Balaban J connectivity index is 1.90. The van der Waals surface area contributed by atoms with Gasteiger partial charge in [-0.1, -0.05) is 0 Å². The van der Waals surface area contributed by atoms with Gasteiger partial charge in [-0.25, -0.2) is 0 Å². The molecule has 1 saturated heterocycles. The zero-order valence-electron chi connectivity index (χ0n) is 10.5. The van der Waals surface area contributed by atoms with E-state index in [1.165, 1.54) is 0 Å². The van der Waals surface area contributed by atoms with Crippen LogP contribution in [0.1, 0.15) is 19.3 Å². The topological polar surface area (TPSA) is 46.5 Å². The predicted molar refractivity (Wildman–Crippen MR) is 54.8 cm³/mol. The van der Waals surface area contributed by atoms with E-state index in [0.717, 1.165) is 0 Å². The third kappa shape index (κ3) is 1.89. The molecule has 2 aliphatic carbocycles. The first kappa shape index (κ1) is 14.9. The Labute approximate surface area is 115 Å². The summed E-state index contributed by atoms with van der Waals surface area (Å²) in [4.78, 5) is 11.6. The quantitative estimate of drug-likeness (QED) is 0.628. The first-order valence-electron chi connectivity index (χ1n) is 6.52. The summed E-state index contributed by atoms with van der Waals surface area (Å²) in [6, 6.07) is 0. The predicted octanol–water partition coefficient (Wildman–Crippen LogP) is 2.43. The Kier molecular flexibility index (Phi) is 2.88. The van der Waals surface area contributed by atoms with Crippen LogP contribution in [-0.2, 0) is 9.53 Å². The highest BCUT2D eigenvalue weighted by Gasteiger charge is 2.73. The van der Waals surface area contributed by atoms with E-state index in [-0.39, 0.29) is 18.4 Å². The molecule has 1 aliphatic heterocycles. The van der Waals surface area contributed by atoms with Gasteiger partial charge in [-0.15, -0.1) is 0 Å². The summed E-state index contributed by atoms with van der Waals surface area (Å²) in [5.74, 6) is -3.58. The molecule has 3 aliphatic rings. The number of hydrogen-bond donors (Lipinski definition) is 1. The first-order valence-corrected chi connectivity index (χ1v) is 6.52. The maximum absolute atomic E-state index is 12.7. The van der Waals surface area contributed by atoms with Crippen molar-refractivity contribution >= 4 is 5.97 Å². The summed E-state index contributed by atoms with van der Waals surface area (Å²) in [6.45, 7) is 0. The molecule has 3 rings (SSSR count). The van der Waals surface area contributed by atoms with Crippen LogP contribution < -0.4 is 0 Å². The summed E-state index contributed by atoms with van der Waals surface area (Å²) < 4.78 is 81.5. The minimum Gasteiger partial charge on any atom is -0.462 e. The van der Waals surface area contributed by atoms with Crippen LogP contribution in [-0.4, -0.2) is 35.1 Å². The molecule has 0 aromatic carbocycles. The lowest BCUT2D eigenvalue weighted by atomic mass is 9.74. The van der Waals surface area contributed by atoms with Crippen molar-refractivity contribution < 1.29 is 41.0 Å². The molecule has 0 amide bonds. The van der Waals surface area contributed by atoms with Gasteiger partial charge in [0.1, 0.15) is 6.10 Å². The van der Waals surface area contributed by atoms with Crippen LogP contribution in [0.2, 0.25) is 0 Å². The molecule has 0 radical (unpaired) electrons. The molecule has 5 atom stereocenters. The number of hydrogen-bond acceptors (Lipinski definition) is 3. The third-order valence-electron chi connectivity index (χ3n) is 5.12. The molecular formula is C12H12F6O3. The Morgan fingerprint density at radius 3 is 2.19 bits per heavy atom. The van der Waals surface area contributed by atoms with Crippen molar-refractivity contribution in [3.05, 3.63) is 0 Å². The van der Waals surface area contributed by atoms with Crippen LogP contribution in [0.5, 0.6) is 0 Å². The highest BCUT2D eigenvalue weighted by molar-refractivity contribution is 5.77. The molecule has 5 unspecified atom stereocenters. The standard InChI is InChI=1S/C12H12F6O3/c13-11(14,15)10(20,12(16,17)18)3-6-4-1-5-7(2-4)21-9(19)8(5)6/h4-8,20H,1-3H2. The molecule has 2 saturated carbocycles. The van der Waals surface area contributed by atoms with Crippen LogP contribution in [0.25, 0.3) is 0 Å². The second kappa shape index (κ2) is 4.05. The molecule has 0 aromatic rings. The van der Waals surface area contributed by atoms with Crippen LogP contribution in [0.3, 0.4) is 0 Å². The second-order valence-electron chi connectivity index (χ2n) is 6.12. The van der Waals surface area contributed by atoms with Crippen molar-refractivity contribution in [3.8, 4) is 0 Å². The minimum atomic E-state index is -5.84. The summed E-state index contributed by atoms with van der Waals surface area (Å²) in [5, 5.41) is 9.28. The number of rotatable bonds is 2. The summed E-state index contributed by atoms with van der Waals surface area (Å²) in [5.41, 5.74) is -4.78. The Morgan fingerprint density at radius 2 is 1.67 bits per heavy atom. The normalized spacial score (nSPS) is 39.0. The zero-order valence-corrected chi connectivity index (χ0v) is 10.5. The summed E-state index contributed by atoms with van der Waals surface area (Å²) in [6.07, 6.45) is -12.9. The summed E-state index contributed by atoms with van der Waals surface area (Å²) in [7, 11) is 0. The average Bonchev–Trinajstić information content (AvgIpc) is 2.87. The highest BCUT2D eigenvalue weighted by Crippen LogP contribution is 2.61. The maximum Gasteiger partial charge on any atom is 0.426 e. The molecule has 9 heteroatoms. The van der Waals surface area contributed by atoms with Crippen molar-refractivity contribution in [2.45, 2.75) is 43.3 Å². The smallest absolute Gasteiger partial charge is 0.426 e. The lowest BCUT2D eigenvalue weighted by molar-refractivity contribution is -0.373. The highest BCUT2D eigenvalue weighted by atomic mass is 19.4. The van der Waals surface area contributed by atoms with Crippen molar-refractivity contribution in [3.63, 3.8) is 0 Å². The van der Waals surface area contributed by atoms with Crippen molar-refractivity contribution in [2.75, 3.05) is 0 Å². The number of fused-ring (bicyclic) bond motifs is 1. The van der Waals surface area contributed by atoms with E-state index in [9.17, 15) is 36.2 Å². The van der Waals surface area contributed by atoms with Crippen molar-refractivity contribution in [1.82, 2.24) is 0 Å². The lowest BCUT2D eigenvalue weighted by Crippen LogP contribution is -2.58.